The SMILES string of the molecule is COc1cc(OC)c2c(c1)O[C@@]1(C)C(=O)C=CC[C@@H]21. The van der Waals surface area contributed by atoms with Crippen LogP contribution < -0.4 is 14.2 Å². The van der Waals surface area contributed by atoms with Gasteiger partial charge in [-0.3, -0.25) is 4.79 Å². The summed E-state index contributed by atoms with van der Waals surface area (Å²) in [6.45, 7) is 1.84. The Hall–Kier alpha value is -1.97. The normalized spacial score (nSPS) is 27.5. The van der Waals surface area contributed by atoms with E-state index >= 15 is 0 Å². The van der Waals surface area contributed by atoms with Gasteiger partial charge in [0.1, 0.15) is 17.2 Å². The summed E-state index contributed by atoms with van der Waals surface area (Å²) in [5, 5.41) is 0. The smallest absolute Gasteiger partial charge is 0.199 e. The Morgan fingerprint density at radius 2 is 2.11 bits per heavy atom. The van der Waals surface area contributed by atoms with Gasteiger partial charge in [-0.25, -0.2) is 0 Å². The Morgan fingerprint density at radius 1 is 1.32 bits per heavy atom. The zero-order valence-corrected chi connectivity index (χ0v) is 11.2. The molecule has 4 heteroatoms. The van der Waals surface area contributed by atoms with Crippen molar-refractivity contribution >= 4 is 5.78 Å². The Labute approximate surface area is 112 Å². The molecule has 2 aliphatic rings. The van der Waals surface area contributed by atoms with E-state index in [1.54, 1.807) is 20.3 Å². The summed E-state index contributed by atoms with van der Waals surface area (Å²) in [4.78, 5) is 12.1. The first-order valence-corrected chi connectivity index (χ1v) is 6.26. The topological polar surface area (TPSA) is 44.8 Å². The van der Waals surface area contributed by atoms with Crippen LogP contribution in [0.2, 0.25) is 0 Å². The maximum Gasteiger partial charge on any atom is 0.199 e. The lowest BCUT2D eigenvalue weighted by Gasteiger charge is -2.30. The Kier molecular flexibility index (Phi) is 2.55. The van der Waals surface area contributed by atoms with Gasteiger partial charge in [0, 0.05) is 23.6 Å². The minimum atomic E-state index is -0.823. The van der Waals surface area contributed by atoms with Crippen molar-refractivity contribution in [3.8, 4) is 17.2 Å². The van der Waals surface area contributed by atoms with E-state index in [1.807, 2.05) is 25.1 Å². The van der Waals surface area contributed by atoms with Crippen molar-refractivity contribution in [2.24, 2.45) is 0 Å². The molecule has 1 aliphatic carbocycles. The standard InChI is InChI=1S/C15H16O4/c1-15-10(5-4-6-13(15)16)14-11(18-3)7-9(17-2)8-12(14)19-15/h4,6-8,10H,5H2,1-3H3/t10-,15+/m0/s1. The third kappa shape index (κ3) is 1.56. The second-order valence-electron chi connectivity index (χ2n) is 5.01. The summed E-state index contributed by atoms with van der Waals surface area (Å²) in [7, 11) is 3.21. The highest BCUT2D eigenvalue weighted by molar-refractivity contribution is 6.00. The molecule has 1 aliphatic heterocycles. The van der Waals surface area contributed by atoms with Crippen LogP contribution in [0.4, 0.5) is 0 Å². The third-order valence-electron chi connectivity index (χ3n) is 4.00. The van der Waals surface area contributed by atoms with Crippen molar-refractivity contribution in [2.45, 2.75) is 24.9 Å². The van der Waals surface area contributed by atoms with Crippen LogP contribution in [0.5, 0.6) is 17.2 Å². The molecule has 0 saturated heterocycles. The number of ether oxygens (including phenoxy) is 3. The maximum absolute atomic E-state index is 12.1. The van der Waals surface area contributed by atoms with Crippen molar-refractivity contribution in [1.82, 2.24) is 0 Å². The molecule has 2 atom stereocenters. The highest BCUT2D eigenvalue weighted by Crippen LogP contribution is 2.53. The zero-order chi connectivity index (χ0) is 13.6. The molecule has 1 aromatic rings. The molecular formula is C15H16O4. The largest absolute Gasteiger partial charge is 0.496 e. The van der Waals surface area contributed by atoms with Gasteiger partial charge in [-0.1, -0.05) is 6.08 Å². The average molecular weight is 260 g/mol. The molecule has 3 rings (SSSR count). The van der Waals surface area contributed by atoms with Gasteiger partial charge in [0.05, 0.1) is 14.2 Å². The monoisotopic (exact) mass is 260 g/mol. The minimum Gasteiger partial charge on any atom is -0.496 e. The number of hydrogen-bond donors (Lipinski definition) is 0. The number of fused-ring (bicyclic) bond motifs is 3. The van der Waals surface area contributed by atoms with E-state index in [1.165, 1.54) is 0 Å². The van der Waals surface area contributed by atoms with Crippen LogP contribution in [0.25, 0.3) is 0 Å². The van der Waals surface area contributed by atoms with Crippen molar-refractivity contribution < 1.29 is 19.0 Å². The first-order chi connectivity index (χ1) is 9.10. The fourth-order valence-electron chi connectivity index (χ4n) is 2.91. The molecule has 0 bridgehead atoms. The minimum absolute atomic E-state index is 0.000793. The van der Waals surface area contributed by atoms with Crippen LogP contribution in [-0.4, -0.2) is 25.6 Å². The lowest BCUT2D eigenvalue weighted by molar-refractivity contribution is -0.128. The Bertz CT molecular complexity index is 576. The van der Waals surface area contributed by atoms with Crippen molar-refractivity contribution in [2.75, 3.05) is 14.2 Å². The fraction of sp³-hybridized carbons (Fsp3) is 0.400. The van der Waals surface area contributed by atoms with Crippen LogP contribution in [0.15, 0.2) is 24.3 Å². The van der Waals surface area contributed by atoms with Crippen LogP contribution >= 0.6 is 0 Å². The molecule has 0 unspecified atom stereocenters. The van der Waals surface area contributed by atoms with Crippen LogP contribution in [0, 0.1) is 0 Å². The van der Waals surface area contributed by atoms with Gasteiger partial charge < -0.3 is 14.2 Å². The molecule has 0 N–H and O–H groups in total. The van der Waals surface area contributed by atoms with Gasteiger partial charge in [-0.05, 0) is 19.4 Å². The van der Waals surface area contributed by atoms with Crippen molar-refractivity contribution in [1.29, 1.82) is 0 Å². The summed E-state index contributed by atoms with van der Waals surface area (Å²) < 4.78 is 16.6. The zero-order valence-electron chi connectivity index (χ0n) is 11.2. The van der Waals surface area contributed by atoms with Gasteiger partial charge in [0.2, 0.25) is 0 Å². The molecular weight excluding hydrogens is 244 g/mol. The van der Waals surface area contributed by atoms with E-state index in [2.05, 4.69) is 0 Å². The molecule has 0 fully saturated rings. The summed E-state index contributed by atoms with van der Waals surface area (Å²) in [6.07, 6.45) is 4.28. The highest BCUT2D eigenvalue weighted by atomic mass is 16.5. The number of allylic oxidation sites excluding steroid dienone is 1. The highest BCUT2D eigenvalue weighted by Gasteiger charge is 2.51. The number of carbonyl (C=O) groups excluding carboxylic acids is 1. The molecule has 0 amide bonds. The molecule has 19 heavy (non-hydrogen) atoms. The predicted octanol–water partition coefficient (Wildman–Crippen LogP) is 2.47. The van der Waals surface area contributed by atoms with Crippen molar-refractivity contribution in [3.63, 3.8) is 0 Å². The van der Waals surface area contributed by atoms with E-state index < -0.39 is 5.60 Å². The lowest BCUT2D eigenvalue weighted by atomic mass is 9.77. The van der Waals surface area contributed by atoms with E-state index in [4.69, 9.17) is 14.2 Å². The van der Waals surface area contributed by atoms with Crippen LogP contribution in [0.1, 0.15) is 24.8 Å². The Balaban J connectivity index is 2.17. The van der Waals surface area contributed by atoms with Crippen LogP contribution in [0.3, 0.4) is 0 Å². The van der Waals surface area contributed by atoms with Gasteiger partial charge in [0.25, 0.3) is 0 Å². The van der Waals surface area contributed by atoms with Gasteiger partial charge in [-0.15, -0.1) is 0 Å². The van der Waals surface area contributed by atoms with E-state index in [-0.39, 0.29) is 11.7 Å². The number of methoxy groups -OCH3 is 2. The molecule has 4 nitrogen and oxygen atoms in total. The summed E-state index contributed by atoms with van der Waals surface area (Å²) in [5.41, 5.74) is 0.139. The first-order valence-electron chi connectivity index (χ1n) is 6.26. The predicted molar refractivity (Wildman–Crippen MR) is 70.1 cm³/mol. The molecule has 0 spiro atoms. The third-order valence-corrected chi connectivity index (χ3v) is 4.00. The molecule has 100 valence electrons. The number of carbonyl (C=O) groups is 1. The quantitative estimate of drug-likeness (QED) is 0.819. The molecule has 0 aromatic heterocycles. The summed E-state index contributed by atoms with van der Waals surface area (Å²) >= 11 is 0. The van der Waals surface area contributed by atoms with Crippen molar-refractivity contribution in [3.05, 3.63) is 29.8 Å². The number of benzene rings is 1. The van der Waals surface area contributed by atoms with Gasteiger partial charge in [0.15, 0.2) is 11.4 Å². The van der Waals surface area contributed by atoms with E-state index in [0.29, 0.717) is 17.2 Å². The second kappa shape index (κ2) is 4.02. The molecule has 0 saturated carbocycles. The van der Waals surface area contributed by atoms with Gasteiger partial charge >= 0.3 is 0 Å². The lowest BCUT2D eigenvalue weighted by Crippen LogP contribution is -2.44. The molecule has 1 aromatic carbocycles. The van der Waals surface area contributed by atoms with E-state index in [0.717, 1.165) is 12.0 Å². The number of hydrogen-bond acceptors (Lipinski definition) is 4. The average Bonchev–Trinajstić information content (AvgIpc) is 2.72. The number of rotatable bonds is 2. The van der Waals surface area contributed by atoms with Crippen LogP contribution in [-0.2, 0) is 4.79 Å². The van der Waals surface area contributed by atoms with E-state index in [9.17, 15) is 4.79 Å². The number of ketones is 1. The molecule has 1 heterocycles. The maximum atomic E-state index is 12.1. The summed E-state index contributed by atoms with van der Waals surface area (Å²) in [5.74, 6) is 2.06. The second-order valence-corrected chi connectivity index (χ2v) is 5.01. The Morgan fingerprint density at radius 3 is 2.79 bits per heavy atom. The summed E-state index contributed by atoms with van der Waals surface area (Å²) in [6, 6.07) is 3.64. The molecule has 0 radical (unpaired) electrons. The fourth-order valence-corrected chi connectivity index (χ4v) is 2.91. The first kappa shape index (κ1) is 12.1. The van der Waals surface area contributed by atoms with Gasteiger partial charge in [-0.2, -0.15) is 0 Å².